The van der Waals surface area contributed by atoms with Crippen molar-refractivity contribution in [1.82, 2.24) is 0 Å². The number of esters is 1. The van der Waals surface area contributed by atoms with Crippen molar-refractivity contribution in [2.45, 2.75) is 26.2 Å². The number of rotatable bonds is 6. The van der Waals surface area contributed by atoms with Crippen LogP contribution in [0.2, 0.25) is 0 Å². The maximum Gasteiger partial charge on any atom is 0.338 e. The molecule has 2 nitrogen and oxygen atoms in total. The zero-order chi connectivity index (χ0) is 13.5. The molecule has 0 saturated carbocycles. The lowest BCUT2D eigenvalue weighted by Crippen LogP contribution is -2.09. The van der Waals surface area contributed by atoms with E-state index in [2.05, 4.69) is 15.9 Å². The predicted molar refractivity (Wildman–Crippen MR) is 69.5 cm³/mol. The third kappa shape index (κ3) is 4.05. The van der Waals surface area contributed by atoms with Gasteiger partial charge < -0.3 is 4.74 Å². The van der Waals surface area contributed by atoms with Gasteiger partial charge in [-0.2, -0.15) is 0 Å². The zero-order valence-corrected chi connectivity index (χ0v) is 11.7. The van der Waals surface area contributed by atoms with Crippen LogP contribution >= 0.6 is 15.9 Å². The van der Waals surface area contributed by atoms with Crippen LogP contribution in [0.15, 0.2) is 18.2 Å². The summed E-state index contributed by atoms with van der Waals surface area (Å²) >= 11 is 3.28. The van der Waals surface area contributed by atoms with E-state index in [0.29, 0.717) is 17.5 Å². The fourth-order valence-electron chi connectivity index (χ4n) is 1.62. The lowest BCUT2D eigenvalue weighted by Gasteiger charge is -2.10. The largest absolute Gasteiger partial charge is 0.462 e. The molecular weight excluding hydrogens is 306 g/mol. The lowest BCUT2D eigenvalue weighted by atomic mass is 10.0. The van der Waals surface area contributed by atoms with Gasteiger partial charge in [0.15, 0.2) is 0 Å². The van der Waals surface area contributed by atoms with Crippen molar-refractivity contribution < 1.29 is 18.3 Å². The number of carbonyl (C=O) groups excluding carboxylic acids is 1. The number of hydrogen-bond donors (Lipinski definition) is 0. The topological polar surface area (TPSA) is 26.3 Å². The third-order valence-electron chi connectivity index (χ3n) is 2.46. The molecule has 5 heteroatoms. The minimum atomic E-state index is -2.52. The van der Waals surface area contributed by atoms with Gasteiger partial charge in [0.25, 0.3) is 6.43 Å². The van der Waals surface area contributed by atoms with E-state index in [9.17, 15) is 13.6 Å². The van der Waals surface area contributed by atoms with Gasteiger partial charge in [-0.1, -0.05) is 22.0 Å². The molecule has 100 valence electrons. The van der Waals surface area contributed by atoms with Crippen molar-refractivity contribution >= 4 is 21.9 Å². The Morgan fingerprint density at radius 1 is 1.44 bits per heavy atom. The summed E-state index contributed by atoms with van der Waals surface area (Å²) in [6, 6.07) is 4.08. The highest BCUT2D eigenvalue weighted by Gasteiger charge is 2.15. The molecule has 1 rings (SSSR count). The van der Waals surface area contributed by atoms with Gasteiger partial charge in [-0.3, -0.25) is 0 Å². The molecule has 0 saturated heterocycles. The van der Waals surface area contributed by atoms with Crippen molar-refractivity contribution in [3.8, 4) is 0 Å². The van der Waals surface area contributed by atoms with Gasteiger partial charge in [0.1, 0.15) is 0 Å². The molecule has 0 N–H and O–H groups in total. The van der Waals surface area contributed by atoms with Gasteiger partial charge in [0, 0.05) is 10.9 Å². The molecule has 0 bridgehead atoms. The van der Waals surface area contributed by atoms with E-state index in [1.54, 1.807) is 6.92 Å². The molecule has 18 heavy (non-hydrogen) atoms. The van der Waals surface area contributed by atoms with E-state index >= 15 is 0 Å². The Morgan fingerprint density at radius 2 is 2.17 bits per heavy atom. The van der Waals surface area contributed by atoms with Crippen molar-refractivity contribution in [3.63, 3.8) is 0 Å². The average Bonchev–Trinajstić information content (AvgIpc) is 2.36. The molecule has 0 aliphatic heterocycles. The molecule has 0 fully saturated rings. The highest BCUT2D eigenvalue weighted by molar-refractivity contribution is 9.09. The van der Waals surface area contributed by atoms with Crippen LogP contribution in [0, 0.1) is 0 Å². The van der Waals surface area contributed by atoms with Gasteiger partial charge in [-0.15, -0.1) is 0 Å². The fraction of sp³-hybridized carbons (Fsp3) is 0.462. The number of aryl methyl sites for hydroxylation is 1. The Morgan fingerprint density at radius 3 is 2.72 bits per heavy atom. The van der Waals surface area contributed by atoms with Crippen molar-refractivity contribution in [3.05, 3.63) is 34.9 Å². The van der Waals surface area contributed by atoms with Crippen LogP contribution in [-0.4, -0.2) is 17.9 Å². The smallest absolute Gasteiger partial charge is 0.338 e. The molecule has 0 aliphatic carbocycles. The molecular formula is C13H15BrF2O2. The van der Waals surface area contributed by atoms with Crippen LogP contribution in [0.1, 0.15) is 41.3 Å². The Bertz CT molecular complexity index is 408. The van der Waals surface area contributed by atoms with Crippen LogP contribution < -0.4 is 0 Å². The minimum absolute atomic E-state index is 0.0624. The van der Waals surface area contributed by atoms with Crippen molar-refractivity contribution in [2.24, 2.45) is 0 Å². The molecule has 1 aromatic carbocycles. The third-order valence-corrected chi connectivity index (χ3v) is 3.02. The Hall–Kier alpha value is -0.970. The number of halogens is 3. The van der Waals surface area contributed by atoms with Crippen LogP contribution in [0.4, 0.5) is 8.78 Å². The monoisotopic (exact) mass is 320 g/mol. The second-order valence-electron chi connectivity index (χ2n) is 3.73. The SMILES string of the molecule is CCOC(=O)c1ccc(C(F)F)cc1CCCBr. The molecule has 0 aliphatic rings. The first-order chi connectivity index (χ1) is 8.60. The summed E-state index contributed by atoms with van der Waals surface area (Å²) in [5.41, 5.74) is 0.931. The normalized spacial score (nSPS) is 10.7. The Kier molecular flexibility index (Phi) is 6.25. The van der Waals surface area contributed by atoms with E-state index in [1.807, 2.05) is 0 Å². The van der Waals surface area contributed by atoms with Gasteiger partial charge in [-0.25, -0.2) is 13.6 Å². The zero-order valence-electron chi connectivity index (χ0n) is 10.1. The Balaban J connectivity index is 3.03. The second-order valence-corrected chi connectivity index (χ2v) is 4.52. The lowest BCUT2D eigenvalue weighted by molar-refractivity contribution is 0.0524. The van der Waals surface area contributed by atoms with Gasteiger partial charge in [-0.05, 0) is 37.5 Å². The highest BCUT2D eigenvalue weighted by Crippen LogP contribution is 2.23. The van der Waals surface area contributed by atoms with Crippen LogP contribution in [-0.2, 0) is 11.2 Å². The molecule has 0 unspecified atom stereocenters. The number of ether oxygens (including phenoxy) is 1. The minimum Gasteiger partial charge on any atom is -0.462 e. The molecule has 0 amide bonds. The van der Waals surface area contributed by atoms with E-state index in [-0.39, 0.29) is 12.2 Å². The maximum absolute atomic E-state index is 12.6. The van der Waals surface area contributed by atoms with Gasteiger partial charge in [0.05, 0.1) is 12.2 Å². The van der Waals surface area contributed by atoms with Crippen molar-refractivity contribution in [2.75, 3.05) is 11.9 Å². The van der Waals surface area contributed by atoms with Crippen LogP contribution in [0.25, 0.3) is 0 Å². The summed E-state index contributed by atoms with van der Waals surface area (Å²) < 4.78 is 30.2. The first kappa shape index (κ1) is 15.1. The molecule has 0 aromatic heterocycles. The quantitative estimate of drug-likeness (QED) is 0.582. The molecule has 0 spiro atoms. The van der Waals surface area contributed by atoms with Crippen LogP contribution in [0.3, 0.4) is 0 Å². The van der Waals surface area contributed by atoms with E-state index < -0.39 is 12.4 Å². The standard InChI is InChI=1S/C13H15BrF2O2/c1-2-18-13(17)11-6-5-10(12(15)16)8-9(11)4-3-7-14/h5-6,8,12H,2-4,7H2,1H3. The molecule has 0 heterocycles. The first-order valence-electron chi connectivity index (χ1n) is 5.74. The van der Waals surface area contributed by atoms with E-state index in [4.69, 9.17) is 4.74 Å². The number of hydrogen-bond acceptors (Lipinski definition) is 2. The van der Waals surface area contributed by atoms with E-state index in [0.717, 1.165) is 11.8 Å². The molecule has 0 radical (unpaired) electrons. The highest BCUT2D eigenvalue weighted by atomic mass is 79.9. The number of alkyl halides is 3. The predicted octanol–water partition coefficient (Wildman–Crippen LogP) is 4.13. The second kappa shape index (κ2) is 7.46. The number of carbonyl (C=O) groups is 1. The summed E-state index contributed by atoms with van der Waals surface area (Å²) in [5.74, 6) is -0.456. The maximum atomic E-state index is 12.6. The summed E-state index contributed by atoms with van der Waals surface area (Å²) in [5, 5.41) is 0.758. The summed E-state index contributed by atoms with van der Waals surface area (Å²) in [7, 11) is 0. The van der Waals surface area contributed by atoms with Crippen molar-refractivity contribution in [1.29, 1.82) is 0 Å². The number of benzene rings is 1. The molecule has 1 aromatic rings. The van der Waals surface area contributed by atoms with Crippen LogP contribution in [0.5, 0.6) is 0 Å². The summed E-state index contributed by atoms with van der Waals surface area (Å²) in [4.78, 5) is 11.7. The molecule has 0 atom stereocenters. The van der Waals surface area contributed by atoms with Gasteiger partial charge >= 0.3 is 5.97 Å². The van der Waals surface area contributed by atoms with Gasteiger partial charge in [0.2, 0.25) is 0 Å². The van der Waals surface area contributed by atoms with E-state index in [1.165, 1.54) is 18.2 Å². The average molecular weight is 321 g/mol. The Labute approximate surface area is 113 Å². The fourth-order valence-corrected chi connectivity index (χ4v) is 1.90. The first-order valence-corrected chi connectivity index (χ1v) is 6.86. The summed E-state index contributed by atoms with van der Waals surface area (Å²) in [6.45, 7) is 1.98. The summed E-state index contributed by atoms with van der Waals surface area (Å²) in [6.07, 6.45) is -1.18.